The first-order chi connectivity index (χ1) is 18.7. The Morgan fingerprint density at radius 2 is 1.79 bits per heavy atom. The normalized spacial score (nSPS) is 11.9. The lowest BCUT2D eigenvalue weighted by atomic mass is 10.00. The van der Waals surface area contributed by atoms with Crippen molar-refractivity contribution in [2.45, 2.75) is 33.8 Å². The van der Waals surface area contributed by atoms with Crippen molar-refractivity contribution in [3.05, 3.63) is 94.9 Å². The minimum absolute atomic E-state index is 0.146. The van der Waals surface area contributed by atoms with E-state index in [1.807, 2.05) is 55.6 Å². The first-order valence-corrected chi connectivity index (χ1v) is 15.8. The number of hydrogen-bond donors (Lipinski definition) is 4. The fraction of sp³-hybridized carbons (Fsp3) is 0.172. The maximum absolute atomic E-state index is 13.5. The minimum atomic E-state index is -3.80. The van der Waals surface area contributed by atoms with Gasteiger partial charge in [-0.1, -0.05) is 48.5 Å². The van der Waals surface area contributed by atoms with Gasteiger partial charge >= 0.3 is 0 Å². The lowest BCUT2D eigenvalue weighted by Gasteiger charge is -2.12. The molecule has 0 aliphatic rings. The number of aryl methyl sites for hydroxylation is 2. The van der Waals surface area contributed by atoms with Crippen LogP contribution in [0.25, 0.3) is 11.1 Å². The van der Waals surface area contributed by atoms with Crippen LogP contribution in [0.15, 0.2) is 97.9 Å². The van der Waals surface area contributed by atoms with Crippen LogP contribution in [0.3, 0.4) is 0 Å². The van der Waals surface area contributed by atoms with E-state index in [4.69, 9.17) is 16.9 Å². The number of nitrogens with two attached hydrogens (primary N) is 2. The number of aliphatic imine (C=N–C) groups is 1. The lowest BCUT2D eigenvalue weighted by Crippen LogP contribution is -2.23. The highest BCUT2D eigenvalue weighted by Crippen LogP contribution is 2.38. The Hall–Kier alpha value is -3.60. The van der Waals surface area contributed by atoms with Gasteiger partial charge in [0.15, 0.2) is 5.96 Å². The molecule has 0 aliphatic heterocycles. The Morgan fingerprint density at radius 1 is 1.03 bits per heavy atom. The quantitative estimate of drug-likeness (QED) is 0.0800. The van der Waals surface area contributed by atoms with Crippen LogP contribution >= 0.6 is 23.1 Å². The van der Waals surface area contributed by atoms with Gasteiger partial charge in [0.2, 0.25) is 9.84 Å². The summed E-state index contributed by atoms with van der Waals surface area (Å²) in [6, 6.07) is 24.5. The second-order valence-corrected chi connectivity index (χ2v) is 13.0. The van der Waals surface area contributed by atoms with E-state index in [0.29, 0.717) is 21.6 Å². The van der Waals surface area contributed by atoms with Crippen molar-refractivity contribution in [1.29, 1.82) is 5.41 Å². The molecule has 202 valence electrons. The zero-order valence-corrected chi connectivity index (χ0v) is 24.2. The molecule has 0 aliphatic carbocycles. The molecule has 0 fully saturated rings. The molecule has 1 heterocycles. The average Bonchev–Trinajstić information content (AvgIpc) is 3.38. The molecule has 39 heavy (non-hydrogen) atoms. The number of benzene rings is 3. The molecular weight excluding hydrogens is 547 g/mol. The second kappa shape index (κ2) is 12.5. The number of nitrogen functional groups attached to an aromatic ring is 1. The molecule has 0 amide bonds. The molecule has 6 N–H and O–H groups in total. The Labute approximate surface area is 237 Å². The summed E-state index contributed by atoms with van der Waals surface area (Å²) in [5.74, 6) is 0.210. The maximum Gasteiger partial charge on any atom is 0.208 e. The third kappa shape index (κ3) is 6.89. The largest absolute Gasteiger partial charge is 0.383 e. The molecule has 0 atom stereocenters. The van der Waals surface area contributed by atoms with Crippen LogP contribution in [0.5, 0.6) is 0 Å². The van der Waals surface area contributed by atoms with Crippen LogP contribution in [0.4, 0.5) is 5.69 Å². The van der Waals surface area contributed by atoms with E-state index >= 15 is 0 Å². The lowest BCUT2D eigenvalue weighted by molar-refractivity contribution is 0.595. The Morgan fingerprint density at radius 3 is 2.49 bits per heavy atom. The average molecular weight is 578 g/mol. The molecule has 0 spiro atoms. The maximum atomic E-state index is 13.5. The van der Waals surface area contributed by atoms with Crippen LogP contribution < -0.4 is 16.8 Å². The molecule has 0 bridgehead atoms. The highest BCUT2D eigenvalue weighted by molar-refractivity contribution is 8.01. The van der Waals surface area contributed by atoms with E-state index in [1.165, 1.54) is 34.7 Å². The summed E-state index contributed by atoms with van der Waals surface area (Å²) < 4.78 is 27.7. The van der Waals surface area contributed by atoms with Gasteiger partial charge in [-0.15, -0.1) is 23.1 Å². The standard InChI is InChI=1S/C29H31N5O2S3/c1-19-16-22(34-29(32)33-15-7-10-20-8-4-3-5-9-20)13-14-24(19)21-11-6-12-23(17-21)39(35,36)26-18-25(27(30)31)38-28(26)37-2/h3-6,8-9,11-14,16-18H,7,10,15H2,1-2H3,(H3,30,31)(H3,32,33,34). The first-order valence-electron chi connectivity index (χ1n) is 12.3. The third-order valence-electron chi connectivity index (χ3n) is 6.11. The van der Waals surface area contributed by atoms with Gasteiger partial charge in [-0.2, -0.15) is 0 Å². The van der Waals surface area contributed by atoms with Gasteiger partial charge in [-0.3, -0.25) is 10.4 Å². The van der Waals surface area contributed by atoms with Crippen molar-refractivity contribution in [2.24, 2.45) is 16.5 Å². The number of thioether (sulfide) groups is 1. The van der Waals surface area contributed by atoms with Crippen molar-refractivity contribution in [3.63, 3.8) is 0 Å². The van der Waals surface area contributed by atoms with Crippen LogP contribution in [-0.4, -0.2) is 33.0 Å². The zero-order valence-electron chi connectivity index (χ0n) is 21.8. The summed E-state index contributed by atoms with van der Waals surface area (Å²) in [5.41, 5.74) is 16.5. The molecule has 10 heteroatoms. The molecule has 0 saturated heterocycles. The smallest absolute Gasteiger partial charge is 0.208 e. The van der Waals surface area contributed by atoms with E-state index in [9.17, 15) is 8.42 Å². The van der Waals surface area contributed by atoms with Gasteiger partial charge in [0.25, 0.3) is 0 Å². The van der Waals surface area contributed by atoms with Gasteiger partial charge in [-0.05, 0) is 78.6 Å². The molecule has 4 rings (SSSR count). The van der Waals surface area contributed by atoms with Crippen molar-refractivity contribution in [2.75, 3.05) is 18.1 Å². The topological polar surface area (TPSA) is 134 Å². The number of hydrogen-bond acceptors (Lipinski definition) is 6. The predicted molar refractivity (Wildman–Crippen MR) is 164 cm³/mol. The van der Waals surface area contributed by atoms with Gasteiger partial charge in [0.1, 0.15) is 5.84 Å². The van der Waals surface area contributed by atoms with Crippen molar-refractivity contribution in [1.82, 2.24) is 0 Å². The molecule has 7 nitrogen and oxygen atoms in total. The molecular formula is C29H31N5O2S3. The summed E-state index contributed by atoms with van der Waals surface area (Å²) in [5, 5.41) is 10.8. The van der Waals surface area contributed by atoms with Crippen molar-refractivity contribution in [3.8, 4) is 11.1 Å². The fourth-order valence-corrected chi connectivity index (χ4v) is 8.06. The van der Waals surface area contributed by atoms with E-state index in [1.54, 1.807) is 18.2 Å². The third-order valence-corrected chi connectivity index (χ3v) is 10.4. The van der Waals surface area contributed by atoms with Crippen LogP contribution in [0, 0.1) is 12.3 Å². The predicted octanol–water partition coefficient (Wildman–Crippen LogP) is 5.92. The van der Waals surface area contributed by atoms with E-state index < -0.39 is 9.84 Å². The number of nitrogens with one attached hydrogen (secondary N) is 2. The number of sulfone groups is 1. The van der Waals surface area contributed by atoms with Gasteiger partial charge in [0.05, 0.1) is 18.9 Å². The van der Waals surface area contributed by atoms with E-state index in [-0.39, 0.29) is 15.6 Å². The minimum Gasteiger partial charge on any atom is -0.383 e. The number of thiophene rings is 1. The van der Waals surface area contributed by atoms with Gasteiger partial charge in [0, 0.05) is 12.2 Å². The SMILES string of the molecule is CSc1sc(C(=N)N)cc1S(=O)(=O)c1cccc(-c2ccc(NC(N)=NCCCc3ccccc3)cc2C)c1. The molecule has 4 aromatic rings. The molecule has 0 radical (unpaired) electrons. The number of rotatable bonds is 10. The summed E-state index contributed by atoms with van der Waals surface area (Å²) in [6.45, 7) is 2.60. The number of nitrogens with zero attached hydrogens (tertiary/aromatic N) is 1. The summed E-state index contributed by atoms with van der Waals surface area (Å²) >= 11 is 2.54. The summed E-state index contributed by atoms with van der Waals surface area (Å²) in [7, 11) is -3.80. The molecule has 0 saturated carbocycles. The number of amidine groups is 1. The van der Waals surface area contributed by atoms with Crippen LogP contribution in [0.2, 0.25) is 0 Å². The molecule has 0 unspecified atom stereocenters. The summed E-state index contributed by atoms with van der Waals surface area (Å²) in [4.78, 5) is 5.24. The highest BCUT2D eigenvalue weighted by Gasteiger charge is 2.25. The monoisotopic (exact) mass is 577 g/mol. The van der Waals surface area contributed by atoms with Crippen LogP contribution in [-0.2, 0) is 16.3 Å². The Kier molecular flexibility index (Phi) is 9.11. The molecule has 1 aromatic heterocycles. The summed E-state index contributed by atoms with van der Waals surface area (Å²) in [6.07, 6.45) is 3.67. The van der Waals surface area contributed by atoms with E-state index in [2.05, 4.69) is 22.4 Å². The number of anilines is 1. The molecule has 3 aromatic carbocycles. The highest BCUT2D eigenvalue weighted by atomic mass is 32.2. The fourth-order valence-electron chi connectivity index (χ4n) is 4.16. The number of guanidine groups is 1. The Bertz CT molecular complexity index is 1610. The van der Waals surface area contributed by atoms with Gasteiger partial charge in [-0.25, -0.2) is 8.42 Å². The van der Waals surface area contributed by atoms with E-state index in [0.717, 1.165) is 35.2 Å². The van der Waals surface area contributed by atoms with Crippen molar-refractivity contribution >= 4 is 50.4 Å². The second-order valence-electron chi connectivity index (χ2n) is 8.92. The van der Waals surface area contributed by atoms with Crippen LogP contribution in [0.1, 0.15) is 22.4 Å². The zero-order chi connectivity index (χ0) is 28.0. The van der Waals surface area contributed by atoms with Gasteiger partial charge < -0.3 is 16.8 Å². The Balaban J connectivity index is 1.49. The van der Waals surface area contributed by atoms with Crippen molar-refractivity contribution < 1.29 is 8.42 Å². The first kappa shape index (κ1) is 28.4.